The van der Waals surface area contributed by atoms with Crippen molar-refractivity contribution in [2.45, 2.75) is 94.0 Å². The van der Waals surface area contributed by atoms with Gasteiger partial charge in [0, 0.05) is 44.7 Å². The SMILES string of the molecule is CNC(=O)c1ccc(Oc2ccc(CN3CCC4(CC3)C(=O)N[C@H](CC3(O)CCCCC3)C(=O)N4C3CC3)cc2)cc1. The third kappa shape index (κ3) is 5.90. The minimum atomic E-state index is -0.854. The van der Waals surface area contributed by atoms with E-state index in [2.05, 4.69) is 15.5 Å². The summed E-state index contributed by atoms with van der Waals surface area (Å²) in [6.45, 7) is 2.22. The van der Waals surface area contributed by atoms with Gasteiger partial charge in [-0.2, -0.15) is 0 Å². The highest BCUT2D eigenvalue weighted by Crippen LogP contribution is 2.43. The van der Waals surface area contributed by atoms with Crippen LogP contribution in [0.5, 0.6) is 11.5 Å². The molecule has 9 heteroatoms. The molecule has 4 fully saturated rings. The van der Waals surface area contributed by atoms with Crippen LogP contribution in [-0.4, -0.2) is 76.0 Å². The molecule has 2 heterocycles. The Morgan fingerprint density at radius 3 is 2.17 bits per heavy atom. The Morgan fingerprint density at radius 2 is 1.57 bits per heavy atom. The van der Waals surface area contributed by atoms with Crippen molar-refractivity contribution < 1.29 is 24.2 Å². The average Bonchev–Trinajstić information content (AvgIpc) is 3.83. The number of likely N-dealkylation sites (tertiary alicyclic amines) is 1. The molecule has 3 N–H and O–H groups in total. The molecule has 0 radical (unpaired) electrons. The number of piperazine rings is 1. The van der Waals surface area contributed by atoms with Crippen LogP contribution in [0.2, 0.25) is 0 Å². The predicted octanol–water partition coefficient (Wildman–Crippen LogP) is 3.75. The van der Waals surface area contributed by atoms with Gasteiger partial charge in [0.05, 0.1) is 5.60 Å². The molecule has 0 unspecified atom stereocenters. The summed E-state index contributed by atoms with van der Waals surface area (Å²) >= 11 is 0. The molecule has 2 aliphatic heterocycles. The second-order valence-corrected chi connectivity index (χ2v) is 12.6. The van der Waals surface area contributed by atoms with Gasteiger partial charge in [0.1, 0.15) is 23.1 Å². The van der Waals surface area contributed by atoms with E-state index in [-0.39, 0.29) is 23.8 Å². The Kier molecular flexibility index (Phi) is 7.98. The fraction of sp³-hybridized carbons (Fsp3) is 0.545. The molecule has 1 atom stereocenters. The van der Waals surface area contributed by atoms with Crippen LogP contribution in [0.1, 0.15) is 80.1 Å². The second kappa shape index (κ2) is 11.7. The predicted molar refractivity (Wildman–Crippen MR) is 158 cm³/mol. The topological polar surface area (TPSA) is 111 Å². The monoisotopic (exact) mass is 574 g/mol. The van der Waals surface area contributed by atoms with Crippen molar-refractivity contribution in [1.82, 2.24) is 20.4 Å². The van der Waals surface area contributed by atoms with E-state index in [9.17, 15) is 19.5 Å². The minimum absolute atomic E-state index is 0.00315. The summed E-state index contributed by atoms with van der Waals surface area (Å²) in [5.41, 5.74) is 0.0900. The molecule has 6 rings (SSSR count). The number of hydrogen-bond donors (Lipinski definition) is 3. The zero-order chi connectivity index (χ0) is 29.3. The van der Waals surface area contributed by atoms with E-state index in [1.807, 2.05) is 29.2 Å². The van der Waals surface area contributed by atoms with E-state index in [1.165, 1.54) is 0 Å². The molecule has 42 heavy (non-hydrogen) atoms. The Labute approximate surface area is 247 Å². The summed E-state index contributed by atoms with van der Waals surface area (Å²) in [6, 6.07) is 14.5. The lowest BCUT2D eigenvalue weighted by Gasteiger charge is -2.52. The highest BCUT2D eigenvalue weighted by Gasteiger charge is 2.58. The first kappa shape index (κ1) is 28.7. The van der Waals surface area contributed by atoms with E-state index in [1.54, 1.807) is 31.3 Å². The van der Waals surface area contributed by atoms with Gasteiger partial charge in [0.25, 0.3) is 5.91 Å². The first-order valence-electron chi connectivity index (χ1n) is 15.5. The van der Waals surface area contributed by atoms with E-state index in [0.29, 0.717) is 49.2 Å². The molecule has 224 valence electrons. The van der Waals surface area contributed by atoms with Gasteiger partial charge in [-0.3, -0.25) is 19.3 Å². The lowest BCUT2D eigenvalue weighted by molar-refractivity contribution is -0.164. The van der Waals surface area contributed by atoms with Crippen LogP contribution >= 0.6 is 0 Å². The second-order valence-electron chi connectivity index (χ2n) is 12.6. The van der Waals surface area contributed by atoms with Crippen molar-refractivity contribution in [3.63, 3.8) is 0 Å². The number of aliphatic hydroxyl groups is 1. The third-order valence-corrected chi connectivity index (χ3v) is 9.60. The fourth-order valence-corrected chi connectivity index (χ4v) is 7.06. The summed E-state index contributed by atoms with van der Waals surface area (Å²) in [6.07, 6.45) is 7.94. The smallest absolute Gasteiger partial charge is 0.251 e. The van der Waals surface area contributed by atoms with Crippen molar-refractivity contribution in [3.8, 4) is 11.5 Å². The highest BCUT2D eigenvalue weighted by molar-refractivity contribution is 6.00. The van der Waals surface area contributed by atoms with Gasteiger partial charge < -0.3 is 25.4 Å². The number of ether oxygens (including phenoxy) is 1. The van der Waals surface area contributed by atoms with E-state index in [4.69, 9.17) is 4.74 Å². The van der Waals surface area contributed by atoms with Crippen LogP contribution in [0, 0.1) is 0 Å². The van der Waals surface area contributed by atoms with Gasteiger partial charge in [-0.25, -0.2) is 0 Å². The quantitative estimate of drug-likeness (QED) is 0.443. The van der Waals surface area contributed by atoms with Crippen LogP contribution in [0.25, 0.3) is 0 Å². The average molecular weight is 575 g/mol. The number of benzene rings is 2. The summed E-state index contributed by atoms with van der Waals surface area (Å²) in [5, 5.41) is 16.8. The lowest BCUT2D eigenvalue weighted by atomic mass is 9.77. The number of rotatable bonds is 8. The maximum absolute atomic E-state index is 13.8. The van der Waals surface area contributed by atoms with Crippen molar-refractivity contribution in [2.75, 3.05) is 20.1 Å². The van der Waals surface area contributed by atoms with Crippen LogP contribution in [0.4, 0.5) is 0 Å². The molecule has 3 amide bonds. The van der Waals surface area contributed by atoms with Crippen molar-refractivity contribution in [3.05, 3.63) is 59.7 Å². The summed E-state index contributed by atoms with van der Waals surface area (Å²) in [7, 11) is 1.60. The number of carbonyl (C=O) groups is 3. The minimum Gasteiger partial charge on any atom is -0.457 e. The number of hydrogen-bond acceptors (Lipinski definition) is 6. The van der Waals surface area contributed by atoms with Crippen LogP contribution in [0.3, 0.4) is 0 Å². The molecule has 2 saturated carbocycles. The Bertz CT molecular complexity index is 1290. The fourth-order valence-electron chi connectivity index (χ4n) is 7.06. The van der Waals surface area contributed by atoms with Gasteiger partial charge in [-0.05, 0) is 80.5 Å². The van der Waals surface area contributed by atoms with Crippen LogP contribution in [0.15, 0.2) is 48.5 Å². The molecule has 9 nitrogen and oxygen atoms in total. The molecular weight excluding hydrogens is 532 g/mol. The molecule has 4 aliphatic rings. The normalized spacial score (nSPS) is 23.9. The van der Waals surface area contributed by atoms with Crippen molar-refractivity contribution in [2.24, 2.45) is 0 Å². The van der Waals surface area contributed by atoms with Gasteiger partial charge in [-0.1, -0.05) is 31.4 Å². The molecule has 0 bridgehead atoms. The first-order chi connectivity index (χ1) is 20.3. The van der Waals surface area contributed by atoms with Crippen molar-refractivity contribution in [1.29, 1.82) is 0 Å². The van der Waals surface area contributed by atoms with Crippen molar-refractivity contribution >= 4 is 17.7 Å². The molecule has 2 aromatic rings. The number of nitrogens with one attached hydrogen (secondary N) is 2. The molecule has 2 aliphatic carbocycles. The number of piperidine rings is 1. The van der Waals surface area contributed by atoms with E-state index >= 15 is 0 Å². The summed E-state index contributed by atoms with van der Waals surface area (Å²) in [4.78, 5) is 43.5. The maximum atomic E-state index is 13.8. The zero-order valence-corrected chi connectivity index (χ0v) is 24.4. The van der Waals surface area contributed by atoms with E-state index in [0.717, 1.165) is 57.3 Å². The van der Waals surface area contributed by atoms with Crippen LogP contribution < -0.4 is 15.4 Å². The summed E-state index contributed by atoms with van der Waals surface area (Å²) < 4.78 is 5.95. The highest BCUT2D eigenvalue weighted by atomic mass is 16.5. The molecule has 2 aromatic carbocycles. The summed E-state index contributed by atoms with van der Waals surface area (Å²) in [5.74, 6) is 1.21. The molecular formula is C33H42N4O5. The van der Waals surface area contributed by atoms with Gasteiger partial charge in [-0.15, -0.1) is 0 Å². The largest absolute Gasteiger partial charge is 0.457 e. The maximum Gasteiger partial charge on any atom is 0.251 e. The van der Waals surface area contributed by atoms with E-state index < -0.39 is 17.2 Å². The molecule has 1 spiro atoms. The first-order valence-corrected chi connectivity index (χ1v) is 15.5. The van der Waals surface area contributed by atoms with Gasteiger partial charge in [0.15, 0.2) is 0 Å². The number of nitrogens with zero attached hydrogens (tertiary/aromatic N) is 2. The molecule has 0 aromatic heterocycles. The Morgan fingerprint density at radius 1 is 0.952 bits per heavy atom. The molecule has 2 saturated heterocycles. The van der Waals surface area contributed by atoms with Gasteiger partial charge >= 0.3 is 0 Å². The number of amides is 3. The van der Waals surface area contributed by atoms with Gasteiger partial charge in [0.2, 0.25) is 11.8 Å². The Balaban J connectivity index is 1.06. The van der Waals surface area contributed by atoms with Crippen LogP contribution in [-0.2, 0) is 16.1 Å². The standard InChI is InChI=1S/C33H42N4O5/c1-34-29(38)24-7-13-27(14-8-24)42-26-11-5-23(6-12-26)22-36-19-17-33(18-20-36)31(40)35-28(30(39)37(33)25-9-10-25)21-32(41)15-3-2-4-16-32/h5-8,11-14,25,28,41H,2-4,9-10,15-22H2,1H3,(H,34,38)(H,35,40)/t28-/m1/s1. The Hall–Kier alpha value is -3.43. The number of carbonyl (C=O) groups excluding carboxylic acids is 3. The lowest BCUT2D eigenvalue weighted by Crippen LogP contribution is -2.73. The zero-order valence-electron chi connectivity index (χ0n) is 24.4. The third-order valence-electron chi connectivity index (χ3n) is 9.60.